The zero-order valence-electron chi connectivity index (χ0n) is 11.8. The SMILES string of the molecule is O=C(N[C@H]1C[C@H]1[C@H]1C[C@H]1C(=O)O)c1ccc2cccnc2n1. The molecule has 0 unspecified atom stereocenters. The maximum atomic E-state index is 12.2. The summed E-state index contributed by atoms with van der Waals surface area (Å²) < 4.78 is 0. The van der Waals surface area contributed by atoms with E-state index in [4.69, 9.17) is 5.11 Å². The van der Waals surface area contributed by atoms with E-state index in [0.717, 1.165) is 18.2 Å². The minimum absolute atomic E-state index is 0.0862. The van der Waals surface area contributed by atoms with Gasteiger partial charge in [-0.2, -0.15) is 0 Å². The lowest BCUT2D eigenvalue weighted by Crippen LogP contribution is -2.28. The van der Waals surface area contributed by atoms with E-state index in [1.807, 2.05) is 18.2 Å². The molecule has 4 rings (SSSR count). The van der Waals surface area contributed by atoms with E-state index in [9.17, 15) is 9.59 Å². The third-order valence-electron chi connectivity index (χ3n) is 4.56. The van der Waals surface area contributed by atoms with E-state index >= 15 is 0 Å². The maximum absolute atomic E-state index is 12.2. The normalized spacial score (nSPS) is 29.1. The van der Waals surface area contributed by atoms with Crippen LogP contribution >= 0.6 is 0 Å². The molecule has 2 aliphatic carbocycles. The number of nitrogens with one attached hydrogen (secondary N) is 1. The molecule has 0 radical (unpaired) electrons. The molecule has 2 aliphatic rings. The number of aromatic nitrogens is 2. The Morgan fingerprint density at radius 2 is 2.05 bits per heavy atom. The van der Waals surface area contributed by atoms with Crippen molar-refractivity contribution in [1.82, 2.24) is 15.3 Å². The van der Waals surface area contributed by atoms with Gasteiger partial charge in [-0.15, -0.1) is 0 Å². The molecule has 2 N–H and O–H groups in total. The van der Waals surface area contributed by atoms with Crippen molar-refractivity contribution in [2.45, 2.75) is 18.9 Å². The highest BCUT2D eigenvalue weighted by Gasteiger charge is 2.56. The van der Waals surface area contributed by atoms with Crippen LogP contribution < -0.4 is 5.32 Å². The molecular formula is C16H15N3O3. The third-order valence-corrected chi connectivity index (χ3v) is 4.56. The number of hydrogen-bond donors (Lipinski definition) is 2. The van der Waals surface area contributed by atoms with Crippen LogP contribution in [0.15, 0.2) is 30.5 Å². The van der Waals surface area contributed by atoms with Gasteiger partial charge in [0.25, 0.3) is 5.91 Å². The molecule has 2 fully saturated rings. The van der Waals surface area contributed by atoms with Crippen molar-refractivity contribution >= 4 is 22.9 Å². The molecule has 6 nitrogen and oxygen atoms in total. The fraction of sp³-hybridized carbons (Fsp3) is 0.375. The average Bonchev–Trinajstić information content (AvgIpc) is 3.40. The first-order valence-corrected chi connectivity index (χ1v) is 7.39. The molecular weight excluding hydrogens is 282 g/mol. The van der Waals surface area contributed by atoms with Crippen molar-refractivity contribution in [3.05, 3.63) is 36.2 Å². The quantitative estimate of drug-likeness (QED) is 0.891. The Kier molecular flexibility index (Phi) is 2.85. The molecule has 2 heterocycles. The van der Waals surface area contributed by atoms with Crippen LogP contribution in [0.5, 0.6) is 0 Å². The first-order valence-electron chi connectivity index (χ1n) is 7.39. The van der Waals surface area contributed by atoms with Crippen LogP contribution in [0.3, 0.4) is 0 Å². The largest absolute Gasteiger partial charge is 0.481 e. The monoisotopic (exact) mass is 297 g/mol. The van der Waals surface area contributed by atoms with Crippen LogP contribution in [0.4, 0.5) is 0 Å². The zero-order valence-corrected chi connectivity index (χ0v) is 11.8. The third kappa shape index (κ3) is 2.30. The number of pyridine rings is 2. The van der Waals surface area contributed by atoms with E-state index in [1.165, 1.54) is 0 Å². The van der Waals surface area contributed by atoms with Gasteiger partial charge in [-0.25, -0.2) is 9.97 Å². The summed E-state index contributed by atoms with van der Waals surface area (Å²) in [6.45, 7) is 0. The summed E-state index contributed by atoms with van der Waals surface area (Å²) in [7, 11) is 0. The molecule has 0 aliphatic heterocycles. The number of fused-ring (bicyclic) bond motifs is 1. The number of carbonyl (C=O) groups is 2. The van der Waals surface area contributed by atoms with Gasteiger partial charge in [0.15, 0.2) is 5.65 Å². The first-order chi connectivity index (χ1) is 10.6. The average molecular weight is 297 g/mol. The minimum atomic E-state index is -0.718. The summed E-state index contributed by atoms with van der Waals surface area (Å²) in [5.41, 5.74) is 0.901. The summed E-state index contributed by atoms with van der Waals surface area (Å²) >= 11 is 0. The van der Waals surface area contributed by atoms with Crippen molar-refractivity contribution in [1.29, 1.82) is 0 Å². The molecule has 0 bridgehead atoms. The molecule has 4 atom stereocenters. The highest BCUT2D eigenvalue weighted by Crippen LogP contribution is 2.54. The molecule has 2 aromatic rings. The lowest BCUT2D eigenvalue weighted by molar-refractivity contribution is -0.138. The van der Waals surface area contributed by atoms with E-state index in [-0.39, 0.29) is 23.8 Å². The number of amides is 1. The van der Waals surface area contributed by atoms with Crippen molar-refractivity contribution < 1.29 is 14.7 Å². The lowest BCUT2D eigenvalue weighted by Gasteiger charge is -2.05. The van der Waals surface area contributed by atoms with Gasteiger partial charge in [0.05, 0.1) is 5.92 Å². The van der Waals surface area contributed by atoms with Gasteiger partial charge >= 0.3 is 5.97 Å². The molecule has 2 aromatic heterocycles. The van der Waals surface area contributed by atoms with Gasteiger partial charge in [0.2, 0.25) is 0 Å². The van der Waals surface area contributed by atoms with Crippen LogP contribution in [-0.4, -0.2) is 33.0 Å². The topological polar surface area (TPSA) is 92.2 Å². The standard InChI is InChI=1S/C16H15N3O3/c20-15(12-4-3-8-2-1-5-17-14(8)18-12)19-13-7-10(13)9-6-11(9)16(21)22/h1-5,9-11,13H,6-7H2,(H,19,20)(H,21,22)/t9-,10+,11-,13+/m1/s1. The summed E-state index contributed by atoms with van der Waals surface area (Å²) in [6.07, 6.45) is 3.25. The van der Waals surface area contributed by atoms with E-state index in [2.05, 4.69) is 15.3 Å². The molecule has 22 heavy (non-hydrogen) atoms. The first kappa shape index (κ1) is 13.2. The van der Waals surface area contributed by atoms with E-state index in [1.54, 1.807) is 12.3 Å². The Labute approximate surface area is 126 Å². The van der Waals surface area contributed by atoms with Gasteiger partial charge < -0.3 is 10.4 Å². The minimum Gasteiger partial charge on any atom is -0.481 e. The molecule has 0 saturated heterocycles. The lowest BCUT2D eigenvalue weighted by atomic mass is 10.2. The van der Waals surface area contributed by atoms with Gasteiger partial charge in [0, 0.05) is 17.6 Å². The summed E-state index contributed by atoms with van der Waals surface area (Å²) in [5.74, 6) is -0.607. The summed E-state index contributed by atoms with van der Waals surface area (Å²) in [4.78, 5) is 31.5. The predicted molar refractivity (Wildman–Crippen MR) is 78.1 cm³/mol. The number of nitrogens with zero attached hydrogens (tertiary/aromatic N) is 2. The van der Waals surface area contributed by atoms with Crippen molar-refractivity contribution in [3.8, 4) is 0 Å². The highest BCUT2D eigenvalue weighted by atomic mass is 16.4. The number of rotatable bonds is 4. The fourth-order valence-electron chi connectivity index (χ4n) is 3.15. The van der Waals surface area contributed by atoms with Gasteiger partial charge in [0.1, 0.15) is 5.69 Å². The second-order valence-corrected chi connectivity index (χ2v) is 6.07. The Balaban J connectivity index is 1.41. The molecule has 6 heteroatoms. The zero-order chi connectivity index (χ0) is 15.3. The second-order valence-electron chi connectivity index (χ2n) is 6.07. The number of hydrogen-bond acceptors (Lipinski definition) is 4. The highest BCUT2D eigenvalue weighted by molar-refractivity contribution is 5.94. The van der Waals surface area contributed by atoms with Crippen LogP contribution in [0, 0.1) is 17.8 Å². The van der Waals surface area contributed by atoms with Crippen LogP contribution in [0.1, 0.15) is 23.3 Å². The van der Waals surface area contributed by atoms with Gasteiger partial charge in [-0.05, 0) is 48.9 Å². The number of carbonyl (C=O) groups excluding carboxylic acids is 1. The van der Waals surface area contributed by atoms with Crippen molar-refractivity contribution in [2.24, 2.45) is 17.8 Å². The summed E-state index contributed by atoms with van der Waals surface area (Å²) in [5, 5.41) is 12.8. The Morgan fingerprint density at radius 3 is 2.82 bits per heavy atom. The number of aliphatic carboxylic acids is 1. The van der Waals surface area contributed by atoms with Crippen LogP contribution in [0.2, 0.25) is 0 Å². The molecule has 1 amide bonds. The van der Waals surface area contributed by atoms with Gasteiger partial charge in [-0.3, -0.25) is 9.59 Å². The smallest absolute Gasteiger partial charge is 0.306 e. The fourth-order valence-corrected chi connectivity index (χ4v) is 3.15. The summed E-state index contributed by atoms with van der Waals surface area (Å²) in [6, 6.07) is 7.33. The molecule has 2 saturated carbocycles. The van der Waals surface area contributed by atoms with Crippen molar-refractivity contribution in [3.63, 3.8) is 0 Å². The van der Waals surface area contributed by atoms with Crippen LogP contribution in [-0.2, 0) is 4.79 Å². The number of carboxylic acids is 1. The Bertz CT molecular complexity index is 776. The Hall–Kier alpha value is -2.50. The van der Waals surface area contributed by atoms with Crippen LogP contribution in [0.25, 0.3) is 11.0 Å². The van der Waals surface area contributed by atoms with Gasteiger partial charge in [-0.1, -0.05) is 0 Å². The predicted octanol–water partition coefficient (Wildman–Crippen LogP) is 1.47. The molecule has 0 spiro atoms. The van der Waals surface area contributed by atoms with E-state index in [0.29, 0.717) is 17.3 Å². The van der Waals surface area contributed by atoms with E-state index < -0.39 is 5.97 Å². The number of carboxylic acid groups (broad SMARTS) is 1. The van der Waals surface area contributed by atoms with Crippen molar-refractivity contribution in [2.75, 3.05) is 0 Å². The molecule has 0 aromatic carbocycles. The Morgan fingerprint density at radius 1 is 1.18 bits per heavy atom. The second kappa shape index (κ2) is 4.76. The molecule has 112 valence electrons. The maximum Gasteiger partial charge on any atom is 0.306 e.